The lowest BCUT2D eigenvalue weighted by Crippen LogP contribution is -2.47. The lowest BCUT2D eigenvalue weighted by Gasteiger charge is -2.30. The van der Waals surface area contributed by atoms with E-state index in [2.05, 4.69) is 10.1 Å². The fourth-order valence-electron chi connectivity index (χ4n) is 2.68. The summed E-state index contributed by atoms with van der Waals surface area (Å²) in [6.45, 7) is 1.67. The number of sulfonamides is 1. The van der Waals surface area contributed by atoms with E-state index in [4.69, 9.17) is 0 Å². The fraction of sp³-hybridized carbons (Fsp3) is 0.263. The summed E-state index contributed by atoms with van der Waals surface area (Å²) in [5, 5.41) is 2.64. The van der Waals surface area contributed by atoms with Crippen molar-refractivity contribution >= 4 is 33.3 Å². The lowest BCUT2D eigenvalue weighted by atomic mass is 10.1. The molecule has 9 heteroatoms. The van der Waals surface area contributed by atoms with Crippen molar-refractivity contribution in [3.63, 3.8) is 0 Å². The molecule has 28 heavy (non-hydrogen) atoms. The van der Waals surface area contributed by atoms with Crippen molar-refractivity contribution in [3.8, 4) is 0 Å². The van der Waals surface area contributed by atoms with Crippen molar-refractivity contribution in [2.24, 2.45) is 0 Å². The van der Waals surface area contributed by atoms with Crippen molar-refractivity contribution in [1.82, 2.24) is 0 Å². The van der Waals surface area contributed by atoms with Crippen LogP contribution in [0.5, 0.6) is 0 Å². The van der Waals surface area contributed by atoms with Crippen LogP contribution in [0.4, 0.5) is 15.8 Å². The summed E-state index contributed by atoms with van der Waals surface area (Å²) in [4.78, 5) is 24.2. The summed E-state index contributed by atoms with van der Waals surface area (Å²) in [5.74, 6) is -1.58. The first-order valence-corrected chi connectivity index (χ1v) is 10.3. The molecule has 7 nitrogen and oxygen atoms in total. The summed E-state index contributed by atoms with van der Waals surface area (Å²) in [6, 6.07) is 9.81. The minimum absolute atomic E-state index is 0.187. The number of anilines is 2. The largest absolute Gasteiger partial charge is 0.465 e. The summed E-state index contributed by atoms with van der Waals surface area (Å²) < 4.78 is 43.4. The van der Waals surface area contributed by atoms with Gasteiger partial charge in [-0.1, -0.05) is 6.92 Å². The molecule has 1 atom stereocenters. The van der Waals surface area contributed by atoms with Crippen molar-refractivity contribution in [1.29, 1.82) is 0 Å². The molecule has 1 amide bonds. The molecule has 0 radical (unpaired) electrons. The second-order valence-corrected chi connectivity index (χ2v) is 7.88. The second-order valence-electron chi connectivity index (χ2n) is 6.02. The lowest BCUT2D eigenvalue weighted by molar-refractivity contribution is -0.117. The van der Waals surface area contributed by atoms with Gasteiger partial charge in [-0.15, -0.1) is 0 Å². The van der Waals surface area contributed by atoms with Gasteiger partial charge in [0.1, 0.15) is 11.9 Å². The normalized spacial score (nSPS) is 12.1. The monoisotopic (exact) mass is 408 g/mol. The molecule has 0 aliphatic heterocycles. The number of nitrogens with one attached hydrogen (secondary N) is 1. The third kappa shape index (κ3) is 5.07. The van der Waals surface area contributed by atoms with Gasteiger partial charge in [0.15, 0.2) is 0 Å². The number of nitrogens with zero attached hydrogens (tertiary/aromatic N) is 1. The van der Waals surface area contributed by atoms with Crippen LogP contribution in [0.25, 0.3) is 0 Å². The van der Waals surface area contributed by atoms with E-state index in [1.165, 1.54) is 43.5 Å². The molecular weight excluding hydrogens is 387 g/mol. The maximum Gasteiger partial charge on any atom is 0.337 e. The van der Waals surface area contributed by atoms with Crippen molar-refractivity contribution < 1.29 is 27.1 Å². The highest BCUT2D eigenvalue weighted by Gasteiger charge is 2.31. The standard InChI is InChI=1S/C19H21FN2O5S/c1-4-17(22(28(3,25)26)16-11-7-14(20)8-12-16)18(23)21-15-9-5-13(6-10-15)19(24)27-2/h5-12,17H,4H2,1-3H3,(H,21,23). The second kappa shape index (κ2) is 8.83. The molecule has 0 aliphatic carbocycles. The number of hydrogen-bond donors (Lipinski definition) is 1. The van der Waals surface area contributed by atoms with E-state index in [-0.39, 0.29) is 12.1 Å². The van der Waals surface area contributed by atoms with E-state index >= 15 is 0 Å². The molecule has 0 spiro atoms. The van der Waals surface area contributed by atoms with Gasteiger partial charge in [0.25, 0.3) is 0 Å². The van der Waals surface area contributed by atoms with E-state index in [1.54, 1.807) is 6.92 Å². The van der Waals surface area contributed by atoms with E-state index < -0.39 is 33.8 Å². The van der Waals surface area contributed by atoms with Crippen LogP contribution in [0.1, 0.15) is 23.7 Å². The van der Waals surface area contributed by atoms with Crippen LogP contribution in [0, 0.1) is 5.82 Å². The highest BCUT2D eigenvalue weighted by molar-refractivity contribution is 7.92. The highest BCUT2D eigenvalue weighted by Crippen LogP contribution is 2.23. The zero-order chi connectivity index (χ0) is 20.9. The van der Waals surface area contributed by atoms with E-state index in [9.17, 15) is 22.4 Å². The summed E-state index contributed by atoms with van der Waals surface area (Å²) in [6.07, 6.45) is 1.17. The number of halogens is 1. The van der Waals surface area contributed by atoms with E-state index in [1.807, 2.05) is 0 Å². The Labute approximate surface area is 163 Å². The van der Waals surface area contributed by atoms with Crippen LogP contribution in [-0.4, -0.2) is 39.7 Å². The fourth-order valence-corrected chi connectivity index (χ4v) is 3.89. The maximum atomic E-state index is 13.2. The third-order valence-corrected chi connectivity index (χ3v) is 5.16. The van der Waals surface area contributed by atoms with Crippen LogP contribution >= 0.6 is 0 Å². The summed E-state index contributed by atoms with van der Waals surface area (Å²) in [7, 11) is -2.55. The first-order chi connectivity index (χ1) is 13.2. The van der Waals surface area contributed by atoms with Gasteiger partial charge in [0, 0.05) is 5.69 Å². The Morgan fingerprint density at radius 2 is 1.68 bits per heavy atom. The van der Waals surface area contributed by atoms with Gasteiger partial charge in [-0.2, -0.15) is 0 Å². The van der Waals surface area contributed by atoms with Gasteiger partial charge in [-0.25, -0.2) is 17.6 Å². The quantitative estimate of drug-likeness (QED) is 0.711. The molecule has 0 bridgehead atoms. The Kier molecular flexibility index (Phi) is 6.74. The number of methoxy groups -OCH3 is 1. The Hall–Kier alpha value is -2.94. The SMILES string of the molecule is CCC(C(=O)Nc1ccc(C(=O)OC)cc1)N(c1ccc(F)cc1)S(C)(=O)=O. The Morgan fingerprint density at radius 3 is 2.14 bits per heavy atom. The number of amides is 1. The van der Waals surface area contributed by atoms with Gasteiger partial charge in [-0.05, 0) is 55.0 Å². The molecule has 0 saturated carbocycles. The molecular formula is C19H21FN2O5S. The molecule has 0 fully saturated rings. The average molecular weight is 408 g/mol. The van der Waals surface area contributed by atoms with Crippen molar-refractivity contribution in [2.45, 2.75) is 19.4 Å². The first-order valence-electron chi connectivity index (χ1n) is 8.41. The smallest absolute Gasteiger partial charge is 0.337 e. The van der Waals surface area contributed by atoms with Crippen LogP contribution in [0.15, 0.2) is 48.5 Å². The first kappa shape index (κ1) is 21.4. The van der Waals surface area contributed by atoms with Crippen LogP contribution in [0.2, 0.25) is 0 Å². The molecule has 2 aromatic rings. The molecule has 2 aromatic carbocycles. The molecule has 1 unspecified atom stereocenters. The zero-order valence-corrected chi connectivity index (χ0v) is 16.5. The van der Waals surface area contributed by atoms with E-state index in [0.29, 0.717) is 11.3 Å². The third-order valence-electron chi connectivity index (χ3n) is 3.98. The van der Waals surface area contributed by atoms with Crippen molar-refractivity contribution in [3.05, 3.63) is 59.9 Å². The Balaban J connectivity index is 2.29. The topological polar surface area (TPSA) is 92.8 Å². The molecule has 2 rings (SSSR count). The maximum absolute atomic E-state index is 13.2. The zero-order valence-electron chi connectivity index (χ0n) is 15.7. The average Bonchev–Trinajstić information content (AvgIpc) is 2.66. The number of benzene rings is 2. The van der Waals surface area contributed by atoms with Gasteiger partial charge < -0.3 is 10.1 Å². The van der Waals surface area contributed by atoms with Crippen molar-refractivity contribution in [2.75, 3.05) is 23.0 Å². The molecule has 0 aromatic heterocycles. The van der Waals surface area contributed by atoms with Gasteiger partial charge in [0.2, 0.25) is 15.9 Å². The van der Waals surface area contributed by atoms with Gasteiger partial charge in [0.05, 0.1) is 24.6 Å². The van der Waals surface area contributed by atoms with Gasteiger partial charge in [-0.3, -0.25) is 9.10 Å². The predicted molar refractivity (Wildman–Crippen MR) is 104 cm³/mol. The van der Waals surface area contributed by atoms with E-state index in [0.717, 1.165) is 22.7 Å². The Bertz CT molecular complexity index is 943. The predicted octanol–water partition coefficient (Wildman–Crippen LogP) is 2.80. The minimum atomic E-state index is -3.81. The Morgan fingerprint density at radius 1 is 1.11 bits per heavy atom. The summed E-state index contributed by atoms with van der Waals surface area (Å²) >= 11 is 0. The van der Waals surface area contributed by atoms with Crippen LogP contribution in [-0.2, 0) is 19.6 Å². The van der Waals surface area contributed by atoms with Crippen LogP contribution < -0.4 is 9.62 Å². The number of carbonyl (C=O) groups excluding carboxylic acids is 2. The number of esters is 1. The molecule has 0 saturated heterocycles. The molecule has 1 N–H and O–H groups in total. The summed E-state index contributed by atoms with van der Waals surface area (Å²) in [5.41, 5.74) is 0.896. The highest BCUT2D eigenvalue weighted by atomic mass is 32.2. The number of hydrogen-bond acceptors (Lipinski definition) is 5. The van der Waals surface area contributed by atoms with Crippen LogP contribution in [0.3, 0.4) is 0 Å². The van der Waals surface area contributed by atoms with Gasteiger partial charge >= 0.3 is 5.97 Å². The number of carbonyl (C=O) groups is 2. The molecule has 150 valence electrons. The minimum Gasteiger partial charge on any atom is -0.465 e. The number of rotatable bonds is 7. The molecule has 0 heterocycles. The number of ether oxygens (including phenoxy) is 1. The molecule has 0 aliphatic rings.